The fourth-order valence-electron chi connectivity index (χ4n) is 2.08. The van der Waals surface area contributed by atoms with Crippen LogP contribution in [-0.2, 0) is 0 Å². The Balaban J connectivity index is 2.27. The van der Waals surface area contributed by atoms with Crippen molar-refractivity contribution in [2.75, 3.05) is 5.73 Å². The van der Waals surface area contributed by atoms with Gasteiger partial charge in [-0.25, -0.2) is 14.4 Å². The van der Waals surface area contributed by atoms with E-state index < -0.39 is 0 Å². The number of nitrogens with zero attached hydrogens (tertiary/aromatic N) is 2. The van der Waals surface area contributed by atoms with Crippen LogP contribution in [0.25, 0.3) is 22.3 Å². The van der Waals surface area contributed by atoms with Gasteiger partial charge < -0.3 is 5.73 Å². The molecule has 0 saturated heterocycles. The first kappa shape index (κ1) is 12.8. The van der Waals surface area contributed by atoms with Gasteiger partial charge in [-0.05, 0) is 42.8 Å². The van der Waals surface area contributed by atoms with E-state index in [2.05, 4.69) is 9.97 Å². The SMILES string of the molecule is Cc1ccc(F)cc1-c1nc(N)c2cc(Cl)ccc2n1. The molecule has 2 N–H and O–H groups in total. The summed E-state index contributed by atoms with van der Waals surface area (Å²) in [5.41, 5.74) is 8.15. The molecule has 0 unspecified atom stereocenters. The van der Waals surface area contributed by atoms with E-state index in [0.29, 0.717) is 33.1 Å². The van der Waals surface area contributed by atoms with Crippen molar-refractivity contribution in [3.63, 3.8) is 0 Å². The van der Waals surface area contributed by atoms with E-state index in [1.807, 2.05) is 6.92 Å². The van der Waals surface area contributed by atoms with E-state index in [9.17, 15) is 4.39 Å². The second-order valence-corrected chi connectivity index (χ2v) is 4.99. The number of benzene rings is 2. The molecule has 0 aliphatic rings. The lowest BCUT2D eigenvalue weighted by molar-refractivity contribution is 0.628. The third-order valence-electron chi connectivity index (χ3n) is 3.13. The van der Waals surface area contributed by atoms with Gasteiger partial charge in [0.15, 0.2) is 5.82 Å². The van der Waals surface area contributed by atoms with Gasteiger partial charge in [-0.1, -0.05) is 17.7 Å². The van der Waals surface area contributed by atoms with Crippen LogP contribution in [0.2, 0.25) is 5.02 Å². The van der Waals surface area contributed by atoms with Crippen LogP contribution in [0.5, 0.6) is 0 Å². The van der Waals surface area contributed by atoms with E-state index >= 15 is 0 Å². The number of nitrogens with two attached hydrogens (primary N) is 1. The van der Waals surface area contributed by atoms with Crippen LogP contribution in [0.4, 0.5) is 10.2 Å². The number of fused-ring (bicyclic) bond motifs is 1. The molecule has 0 saturated carbocycles. The lowest BCUT2D eigenvalue weighted by Crippen LogP contribution is -1.99. The maximum absolute atomic E-state index is 13.4. The van der Waals surface area contributed by atoms with Gasteiger partial charge in [-0.15, -0.1) is 0 Å². The van der Waals surface area contributed by atoms with Crippen LogP contribution in [-0.4, -0.2) is 9.97 Å². The third kappa shape index (κ3) is 2.18. The second kappa shape index (κ2) is 4.72. The number of halogens is 2. The van der Waals surface area contributed by atoms with Gasteiger partial charge >= 0.3 is 0 Å². The Hall–Kier alpha value is -2.20. The standard InChI is InChI=1S/C15H11ClFN3/c1-8-2-4-10(17)7-11(8)15-19-13-5-3-9(16)6-12(13)14(18)20-15/h2-7H,1H3,(H2,18,19,20). The van der Waals surface area contributed by atoms with Crippen molar-refractivity contribution in [1.82, 2.24) is 9.97 Å². The molecule has 0 aliphatic carbocycles. The van der Waals surface area contributed by atoms with Crippen molar-refractivity contribution in [3.05, 3.63) is 52.8 Å². The number of hydrogen-bond acceptors (Lipinski definition) is 3. The van der Waals surface area contributed by atoms with E-state index in [0.717, 1.165) is 5.56 Å². The summed E-state index contributed by atoms with van der Waals surface area (Å²) in [7, 11) is 0. The Morgan fingerprint density at radius 3 is 2.70 bits per heavy atom. The zero-order valence-electron chi connectivity index (χ0n) is 10.7. The fraction of sp³-hybridized carbons (Fsp3) is 0.0667. The second-order valence-electron chi connectivity index (χ2n) is 4.55. The van der Waals surface area contributed by atoms with Crippen molar-refractivity contribution in [3.8, 4) is 11.4 Å². The predicted octanol–water partition coefficient (Wildman–Crippen LogP) is 3.98. The Labute approximate surface area is 120 Å². The minimum absolute atomic E-state index is 0.330. The molecular weight excluding hydrogens is 277 g/mol. The molecule has 3 aromatic rings. The molecule has 100 valence electrons. The smallest absolute Gasteiger partial charge is 0.162 e. The Kier molecular flexibility index (Phi) is 3.03. The Morgan fingerprint density at radius 2 is 1.90 bits per heavy atom. The van der Waals surface area contributed by atoms with Crippen LogP contribution < -0.4 is 5.73 Å². The van der Waals surface area contributed by atoms with Gasteiger partial charge in [-0.3, -0.25) is 0 Å². The molecule has 0 amide bonds. The highest BCUT2D eigenvalue weighted by Gasteiger charge is 2.10. The lowest BCUT2D eigenvalue weighted by atomic mass is 10.1. The van der Waals surface area contributed by atoms with E-state index in [1.165, 1.54) is 12.1 Å². The minimum atomic E-state index is -0.330. The van der Waals surface area contributed by atoms with Gasteiger partial charge in [0.05, 0.1) is 5.52 Å². The number of hydrogen-bond donors (Lipinski definition) is 1. The Bertz CT molecular complexity index is 818. The average Bonchev–Trinajstić information content (AvgIpc) is 2.42. The molecule has 3 rings (SSSR count). The van der Waals surface area contributed by atoms with Crippen LogP contribution in [0, 0.1) is 12.7 Å². The highest BCUT2D eigenvalue weighted by Crippen LogP contribution is 2.27. The largest absolute Gasteiger partial charge is 0.383 e. The van der Waals surface area contributed by atoms with E-state index in [-0.39, 0.29) is 5.82 Å². The van der Waals surface area contributed by atoms with Gasteiger partial charge in [0.1, 0.15) is 11.6 Å². The van der Waals surface area contributed by atoms with Gasteiger partial charge in [0.2, 0.25) is 0 Å². The number of aromatic nitrogens is 2. The molecule has 0 bridgehead atoms. The lowest BCUT2D eigenvalue weighted by Gasteiger charge is -2.08. The van der Waals surface area contributed by atoms with Gasteiger partial charge in [0, 0.05) is 16.0 Å². The van der Waals surface area contributed by atoms with Crippen molar-refractivity contribution < 1.29 is 4.39 Å². The van der Waals surface area contributed by atoms with Gasteiger partial charge in [-0.2, -0.15) is 0 Å². The van der Waals surface area contributed by atoms with Crippen LogP contribution in [0.15, 0.2) is 36.4 Å². The highest BCUT2D eigenvalue weighted by atomic mass is 35.5. The number of aryl methyl sites for hydroxylation is 1. The minimum Gasteiger partial charge on any atom is -0.383 e. The monoisotopic (exact) mass is 287 g/mol. The third-order valence-corrected chi connectivity index (χ3v) is 3.36. The molecule has 0 radical (unpaired) electrons. The molecule has 20 heavy (non-hydrogen) atoms. The topological polar surface area (TPSA) is 51.8 Å². The number of anilines is 1. The molecular formula is C15H11ClFN3. The summed E-state index contributed by atoms with van der Waals surface area (Å²) in [6, 6.07) is 9.73. The molecule has 3 nitrogen and oxygen atoms in total. The molecule has 0 fully saturated rings. The van der Waals surface area contributed by atoms with Crippen molar-refractivity contribution >= 4 is 28.3 Å². The summed E-state index contributed by atoms with van der Waals surface area (Å²) >= 11 is 5.93. The van der Waals surface area contributed by atoms with Gasteiger partial charge in [0.25, 0.3) is 0 Å². The maximum atomic E-state index is 13.4. The summed E-state index contributed by atoms with van der Waals surface area (Å²) in [6.07, 6.45) is 0. The molecule has 0 aliphatic heterocycles. The Morgan fingerprint density at radius 1 is 1.10 bits per heavy atom. The molecule has 0 atom stereocenters. The van der Waals surface area contributed by atoms with E-state index in [1.54, 1.807) is 24.3 Å². The highest BCUT2D eigenvalue weighted by molar-refractivity contribution is 6.31. The molecule has 5 heteroatoms. The van der Waals surface area contributed by atoms with Crippen molar-refractivity contribution in [2.24, 2.45) is 0 Å². The predicted molar refractivity (Wildman–Crippen MR) is 79.1 cm³/mol. The summed E-state index contributed by atoms with van der Waals surface area (Å²) in [6.45, 7) is 1.88. The molecule has 0 spiro atoms. The van der Waals surface area contributed by atoms with Crippen LogP contribution >= 0.6 is 11.6 Å². The van der Waals surface area contributed by atoms with Crippen LogP contribution in [0.1, 0.15) is 5.56 Å². The van der Waals surface area contributed by atoms with Crippen molar-refractivity contribution in [2.45, 2.75) is 6.92 Å². The molecule has 1 aromatic heterocycles. The number of nitrogen functional groups attached to an aromatic ring is 1. The summed E-state index contributed by atoms with van der Waals surface area (Å²) in [5.74, 6) is 0.412. The maximum Gasteiger partial charge on any atom is 0.162 e. The first-order valence-electron chi connectivity index (χ1n) is 6.04. The van der Waals surface area contributed by atoms with Crippen molar-refractivity contribution in [1.29, 1.82) is 0 Å². The summed E-state index contributed by atoms with van der Waals surface area (Å²) in [5, 5.41) is 1.26. The number of rotatable bonds is 1. The van der Waals surface area contributed by atoms with E-state index in [4.69, 9.17) is 17.3 Å². The zero-order valence-corrected chi connectivity index (χ0v) is 11.4. The van der Waals surface area contributed by atoms with Crippen LogP contribution in [0.3, 0.4) is 0 Å². The summed E-state index contributed by atoms with van der Waals surface area (Å²) < 4.78 is 13.4. The first-order valence-corrected chi connectivity index (χ1v) is 6.42. The normalized spacial score (nSPS) is 10.9. The zero-order chi connectivity index (χ0) is 14.3. The summed E-state index contributed by atoms with van der Waals surface area (Å²) in [4.78, 5) is 8.69. The average molecular weight is 288 g/mol. The quantitative estimate of drug-likeness (QED) is 0.736. The molecule has 1 heterocycles. The fourth-order valence-corrected chi connectivity index (χ4v) is 2.25. The molecule has 2 aromatic carbocycles. The first-order chi connectivity index (χ1) is 9.54.